The molecule has 0 spiro atoms. The zero-order chi connectivity index (χ0) is 30.8. The second kappa shape index (κ2) is 14.8. The molecule has 41 heavy (non-hydrogen) atoms. The summed E-state index contributed by atoms with van der Waals surface area (Å²) in [5.41, 5.74) is 1.02. The fourth-order valence-corrected chi connectivity index (χ4v) is 4.97. The molecule has 0 radical (unpaired) electrons. The standard InChI is InChI=1S/C30H42N2O8Si/c1-21(40-41(7,8)30(2,3)4)26(31-29(36)38-19-23-12-10-9-11-13-23)27(33)32(5)25(28(34)35)18-22-14-16-24(17-15-22)39-20-37-6/h9-18,21,26H,19-20H2,1-8H3,(H,31,36)(H,34,35)/b25-18-/t21-,26+/m1/s1. The zero-order valence-corrected chi connectivity index (χ0v) is 26.1. The number of ether oxygens (including phenoxy) is 3. The van der Waals surface area contributed by atoms with Crippen molar-refractivity contribution in [3.05, 3.63) is 71.4 Å². The summed E-state index contributed by atoms with van der Waals surface area (Å²) in [7, 11) is 0.482. The third-order valence-corrected chi connectivity index (χ3v) is 11.5. The third-order valence-electron chi connectivity index (χ3n) is 6.95. The Hall–Kier alpha value is -3.67. The number of carboxylic acid groups (broad SMARTS) is 1. The number of carbonyl (C=O) groups excluding carboxylic acids is 2. The van der Waals surface area contributed by atoms with Crippen LogP contribution in [0.25, 0.3) is 6.08 Å². The maximum absolute atomic E-state index is 13.8. The van der Waals surface area contributed by atoms with Gasteiger partial charge in [0.1, 0.15) is 24.1 Å². The van der Waals surface area contributed by atoms with Crippen LogP contribution >= 0.6 is 0 Å². The fourth-order valence-electron chi connectivity index (χ4n) is 3.56. The van der Waals surface area contributed by atoms with Gasteiger partial charge in [0.05, 0.1) is 6.10 Å². The largest absolute Gasteiger partial charge is 0.477 e. The van der Waals surface area contributed by atoms with E-state index in [2.05, 4.69) is 26.1 Å². The number of hydrogen-bond donors (Lipinski definition) is 2. The molecule has 2 aromatic rings. The van der Waals surface area contributed by atoms with Crippen LogP contribution in [0.1, 0.15) is 38.8 Å². The van der Waals surface area contributed by atoms with Crippen LogP contribution in [0.4, 0.5) is 4.79 Å². The summed E-state index contributed by atoms with van der Waals surface area (Å²) in [4.78, 5) is 39.9. The number of benzene rings is 2. The third kappa shape index (κ3) is 10.0. The number of amides is 2. The lowest BCUT2D eigenvalue weighted by Crippen LogP contribution is -2.57. The molecule has 2 aromatic carbocycles. The smallest absolute Gasteiger partial charge is 0.408 e. The summed E-state index contributed by atoms with van der Waals surface area (Å²) < 4.78 is 22.0. The molecule has 0 unspecified atom stereocenters. The molecule has 10 nitrogen and oxygen atoms in total. The van der Waals surface area contributed by atoms with E-state index in [1.165, 1.54) is 20.2 Å². The first-order valence-corrected chi connectivity index (χ1v) is 16.2. The van der Waals surface area contributed by atoms with Gasteiger partial charge in [0.2, 0.25) is 0 Å². The molecule has 11 heteroatoms. The first-order chi connectivity index (χ1) is 19.2. The van der Waals surface area contributed by atoms with E-state index in [1.54, 1.807) is 31.2 Å². The number of aliphatic carboxylic acids is 1. The van der Waals surface area contributed by atoms with Gasteiger partial charge in [-0.25, -0.2) is 9.59 Å². The van der Waals surface area contributed by atoms with Crippen molar-refractivity contribution in [1.29, 1.82) is 0 Å². The van der Waals surface area contributed by atoms with E-state index < -0.39 is 38.4 Å². The van der Waals surface area contributed by atoms with Crippen LogP contribution in [0.15, 0.2) is 60.3 Å². The average molecular weight is 587 g/mol. The summed E-state index contributed by atoms with van der Waals surface area (Å²) in [5, 5.41) is 12.4. The van der Waals surface area contributed by atoms with Gasteiger partial charge < -0.3 is 34.0 Å². The Morgan fingerprint density at radius 1 is 1.05 bits per heavy atom. The molecule has 0 aliphatic heterocycles. The second-order valence-electron chi connectivity index (χ2n) is 11.1. The normalized spacial score (nSPS) is 13.6. The van der Waals surface area contributed by atoms with Crippen LogP contribution in [-0.4, -0.2) is 69.4 Å². The quantitative estimate of drug-likeness (QED) is 0.185. The summed E-state index contributed by atoms with van der Waals surface area (Å²) in [5.74, 6) is -1.44. The van der Waals surface area contributed by atoms with Gasteiger partial charge in [-0.2, -0.15) is 0 Å². The van der Waals surface area contributed by atoms with Gasteiger partial charge in [-0.15, -0.1) is 0 Å². The Morgan fingerprint density at radius 2 is 1.66 bits per heavy atom. The summed E-state index contributed by atoms with van der Waals surface area (Å²) in [6, 6.07) is 14.6. The number of carbonyl (C=O) groups is 3. The van der Waals surface area contributed by atoms with Crippen LogP contribution in [0.3, 0.4) is 0 Å². The molecule has 0 bridgehead atoms. The number of alkyl carbamates (subject to hydrolysis) is 1. The first-order valence-electron chi connectivity index (χ1n) is 13.3. The van der Waals surface area contributed by atoms with Crippen molar-refractivity contribution in [2.45, 2.75) is 64.6 Å². The van der Waals surface area contributed by atoms with Gasteiger partial charge in [-0.1, -0.05) is 63.2 Å². The van der Waals surface area contributed by atoms with Gasteiger partial charge in [-0.05, 0) is 54.4 Å². The lowest BCUT2D eigenvalue weighted by atomic mass is 10.1. The second-order valence-corrected chi connectivity index (χ2v) is 15.9. The van der Waals surface area contributed by atoms with Gasteiger partial charge in [0, 0.05) is 14.2 Å². The highest BCUT2D eigenvalue weighted by atomic mass is 28.4. The molecule has 0 aliphatic carbocycles. The molecule has 2 atom stereocenters. The van der Waals surface area contributed by atoms with E-state index in [0.717, 1.165) is 10.5 Å². The Balaban J connectivity index is 2.33. The molecule has 0 saturated heterocycles. The van der Waals surface area contributed by atoms with Crippen molar-refractivity contribution in [3.8, 4) is 5.75 Å². The monoisotopic (exact) mass is 586 g/mol. The van der Waals surface area contributed by atoms with E-state index in [1.807, 2.05) is 43.4 Å². The van der Waals surface area contributed by atoms with Crippen LogP contribution in [0.5, 0.6) is 5.75 Å². The Morgan fingerprint density at radius 3 is 2.20 bits per heavy atom. The van der Waals surface area contributed by atoms with E-state index in [9.17, 15) is 19.5 Å². The first kappa shape index (κ1) is 33.5. The van der Waals surface area contributed by atoms with Crippen LogP contribution in [0.2, 0.25) is 18.1 Å². The minimum absolute atomic E-state index is 0.00522. The minimum atomic E-state index is -2.37. The van der Waals surface area contributed by atoms with Gasteiger partial charge in [0.25, 0.3) is 5.91 Å². The highest BCUT2D eigenvalue weighted by Gasteiger charge is 2.42. The van der Waals surface area contributed by atoms with Crippen LogP contribution in [0, 0.1) is 0 Å². The van der Waals surface area contributed by atoms with Crippen LogP contribution in [-0.2, 0) is 30.1 Å². The minimum Gasteiger partial charge on any atom is -0.477 e. The molecule has 0 heterocycles. The van der Waals surface area contributed by atoms with Crippen molar-refractivity contribution in [2.24, 2.45) is 0 Å². The Kier molecular flexibility index (Phi) is 12.1. The van der Waals surface area contributed by atoms with E-state index in [4.69, 9.17) is 18.6 Å². The van der Waals surface area contributed by atoms with Crippen molar-refractivity contribution in [3.63, 3.8) is 0 Å². The van der Waals surface area contributed by atoms with Crippen LogP contribution < -0.4 is 10.1 Å². The average Bonchev–Trinajstić information content (AvgIpc) is 2.91. The summed E-state index contributed by atoms with van der Waals surface area (Å²) in [6.45, 7) is 12.0. The number of rotatable bonds is 13. The van der Waals surface area contributed by atoms with Crippen molar-refractivity contribution < 1.29 is 38.1 Å². The molecule has 0 fully saturated rings. The number of likely N-dealkylation sites (N-methyl/N-ethyl adjacent to an activating group) is 1. The van der Waals surface area contributed by atoms with Gasteiger partial charge in [0.15, 0.2) is 15.1 Å². The summed E-state index contributed by atoms with van der Waals surface area (Å²) >= 11 is 0. The van der Waals surface area contributed by atoms with Crippen molar-refractivity contribution in [2.75, 3.05) is 21.0 Å². The molecule has 0 aliphatic rings. The molecule has 2 amide bonds. The Labute approximate surface area is 243 Å². The van der Waals surface area contributed by atoms with E-state index in [-0.39, 0.29) is 24.1 Å². The fraction of sp³-hybridized carbons (Fsp3) is 0.433. The van der Waals surface area contributed by atoms with E-state index in [0.29, 0.717) is 11.3 Å². The highest BCUT2D eigenvalue weighted by Crippen LogP contribution is 2.37. The SMILES string of the molecule is COCOc1ccc(/C=C(/C(=O)O)N(C)C(=O)[C@@H](NC(=O)OCc2ccccc2)[C@@H](C)O[Si](C)(C)C(C)(C)C)cc1. The molecular formula is C30H42N2O8Si. The lowest BCUT2D eigenvalue weighted by molar-refractivity contribution is -0.140. The Bertz CT molecular complexity index is 1190. The van der Waals surface area contributed by atoms with E-state index >= 15 is 0 Å². The lowest BCUT2D eigenvalue weighted by Gasteiger charge is -2.40. The number of nitrogens with one attached hydrogen (secondary N) is 1. The number of nitrogens with zero attached hydrogens (tertiary/aromatic N) is 1. The van der Waals surface area contributed by atoms with Crippen molar-refractivity contribution >= 4 is 32.4 Å². The topological polar surface area (TPSA) is 124 Å². The summed E-state index contributed by atoms with van der Waals surface area (Å²) in [6.07, 6.45) is -0.231. The molecule has 2 N–H and O–H groups in total. The molecule has 0 aromatic heterocycles. The predicted octanol–water partition coefficient (Wildman–Crippen LogP) is 5.26. The van der Waals surface area contributed by atoms with Crippen molar-refractivity contribution in [1.82, 2.24) is 10.2 Å². The predicted molar refractivity (Wildman–Crippen MR) is 159 cm³/mol. The highest BCUT2D eigenvalue weighted by molar-refractivity contribution is 6.74. The molecular weight excluding hydrogens is 544 g/mol. The number of hydrogen-bond acceptors (Lipinski definition) is 7. The molecule has 0 saturated carbocycles. The number of methoxy groups -OCH3 is 1. The number of carboxylic acids is 1. The molecule has 224 valence electrons. The maximum atomic E-state index is 13.8. The van der Waals surface area contributed by atoms with Gasteiger partial charge >= 0.3 is 12.1 Å². The van der Waals surface area contributed by atoms with Gasteiger partial charge in [-0.3, -0.25) is 4.79 Å². The molecule has 2 rings (SSSR count). The zero-order valence-electron chi connectivity index (χ0n) is 25.1. The maximum Gasteiger partial charge on any atom is 0.408 e.